The van der Waals surface area contributed by atoms with Gasteiger partial charge in [-0.3, -0.25) is 10.3 Å². The number of unbranched alkanes of at least 4 members (excludes halogenated alkanes) is 13. The maximum absolute atomic E-state index is 11.2. The van der Waals surface area contributed by atoms with Crippen LogP contribution in [0, 0.1) is 0 Å². The van der Waals surface area contributed by atoms with Gasteiger partial charge >= 0.3 is 11.9 Å². The molecule has 0 aliphatic rings. The fraction of sp³-hybridized carbons (Fsp3) is 0.826. The maximum Gasteiger partial charge on any atom is 0.338 e. The van der Waals surface area contributed by atoms with Gasteiger partial charge in [-0.1, -0.05) is 90.0 Å². The van der Waals surface area contributed by atoms with Gasteiger partial charge in [0, 0.05) is 6.20 Å². The van der Waals surface area contributed by atoms with Crippen LogP contribution < -0.4 is 5.48 Å². The largest absolute Gasteiger partial charge is 0.479 e. The number of hydrogen-bond acceptors (Lipinski definition) is 7. The van der Waals surface area contributed by atoms with Crippen LogP contribution in [0.15, 0.2) is 12.3 Å². The van der Waals surface area contributed by atoms with Gasteiger partial charge in [-0.15, -0.1) is 0 Å². The van der Waals surface area contributed by atoms with E-state index >= 15 is 0 Å². The molecule has 0 spiro atoms. The Morgan fingerprint density at radius 3 is 1.66 bits per heavy atom. The Balaban J connectivity index is 3.77. The van der Waals surface area contributed by atoms with E-state index in [1.807, 2.05) is 0 Å². The number of aliphatic hydroxyl groups excluding tert-OH is 3. The highest BCUT2D eigenvalue weighted by molar-refractivity contribution is 5.75. The Bertz CT molecular complexity index is 514. The summed E-state index contributed by atoms with van der Waals surface area (Å²) in [5.74, 6) is -3.40. The second-order valence-corrected chi connectivity index (χ2v) is 8.19. The molecule has 6 N–H and O–H groups in total. The van der Waals surface area contributed by atoms with Crippen molar-refractivity contribution in [3.8, 4) is 0 Å². The predicted octanol–water partition coefficient (Wildman–Crippen LogP) is 3.12. The number of nitrogens with one attached hydrogen (secondary N) is 1. The normalized spacial score (nSPS) is 15.4. The first kappa shape index (κ1) is 30.3. The molecule has 0 unspecified atom stereocenters. The molecular weight excluding hydrogens is 418 g/mol. The van der Waals surface area contributed by atoms with Crippen molar-refractivity contribution in [2.24, 2.45) is 0 Å². The molecule has 0 heterocycles. The summed E-state index contributed by atoms with van der Waals surface area (Å²) in [4.78, 5) is 26.6. The Morgan fingerprint density at radius 1 is 0.750 bits per heavy atom. The van der Waals surface area contributed by atoms with Crippen LogP contribution in [0.3, 0.4) is 0 Å². The van der Waals surface area contributed by atoms with Crippen LogP contribution >= 0.6 is 0 Å². The van der Waals surface area contributed by atoms with Crippen molar-refractivity contribution >= 4 is 11.9 Å². The lowest BCUT2D eigenvalue weighted by Gasteiger charge is -2.24. The van der Waals surface area contributed by atoms with Crippen LogP contribution in [0.5, 0.6) is 0 Å². The molecule has 188 valence electrons. The number of hydroxylamine groups is 1. The second kappa shape index (κ2) is 20.0. The zero-order chi connectivity index (χ0) is 24.2. The minimum absolute atomic E-state index is 0.773. The standard InChI is InChI=1S/C23H43NO8/c1-2-3-4-5-6-7-8-9-10-11-12-13-14-15-16-17-24-32-21(23(30)31)19(26)18(25)20(27)22(28)29/h16-21,24-27H,2-15H2,1H3,(H,28,29)(H,30,31)/b17-16+/t18-,19-,20-,21+/m0/s1. The van der Waals surface area contributed by atoms with Crippen LogP contribution in [0.25, 0.3) is 0 Å². The molecule has 0 rings (SSSR count). The number of aliphatic hydroxyl groups is 3. The summed E-state index contributed by atoms with van der Waals surface area (Å²) in [7, 11) is 0. The molecule has 0 radical (unpaired) electrons. The highest BCUT2D eigenvalue weighted by Gasteiger charge is 2.39. The van der Waals surface area contributed by atoms with E-state index in [4.69, 9.17) is 15.1 Å². The molecule has 0 aromatic carbocycles. The molecule has 0 aliphatic heterocycles. The summed E-state index contributed by atoms with van der Waals surface area (Å²) < 4.78 is 0. The van der Waals surface area contributed by atoms with Gasteiger partial charge in [0.15, 0.2) is 6.10 Å². The lowest BCUT2D eigenvalue weighted by molar-refractivity contribution is -0.184. The molecule has 0 aromatic rings. The molecule has 0 saturated carbocycles. The van der Waals surface area contributed by atoms with Gasteiger partial charge in [0.05, 0.1) is 0 Å². The van der Waals surface area contributed by atoms with E-state index in [2.05, 4.69) is 12.4 Å². The summed E-state index contributed by atoms with van der Waals surface area (Å²) in [6.45, 7) is 2.24. The van der Waals surface area contributed by atoms with E-state index in [9.17, 15) is 24.9 Å². The Hall–Kier alpha value is -1.68. The molecular formula is C23H43NO8. The third kappa shape index (κ3) is 15.2. The lowest BCUT2D eigenvalue weighted by atomic mass is 10.0. The monoisotopic (exact) mass is 461 g/mol. The Labute approximate surface area is 191 Å². The third-order valence-electron chi connectivity index (χ3n) is 5.34. The van der Waals surface area contributed by atoms with Crippen molar-refractivity contribution in [2.75, 3.05) is 0 Å². The number of aliphatic carboxylic acids is 2. The zero-order valence-electron chi connectivity index (χ0n) is 19.3. The van der Waals surface area contributed by atoms with Gasteiger partial charge < -0.3 is 25.5 Å². The zero-order valence-corrected chi connectivity index (χ0v) is 19.3. The van der Waals surface area contributed by atoms with Crippen molar-refractivity contribution in [3.63, 3.8) is 0 Å². The number of carboxylic acids is 2. The van der Waals surface area contributed by atoms with Crippen molar-refractivity contribution in [1.82, 2.24) is 5.48 Å². The van der Waals surface area contributed by atoms with Crippen LogP contribution in [0.1, 0.15) is 96.8 Å². The molecule has 9 heteroatoms. The molecule has 0 saturated heterocycles. The van der Waals surface area contributed by atoms with E-state index in [1.54, 1.807) is 6.08 Å². The topological polar surface area (TPSA) is 157 Å². The van der Waals surface area contributed by atoms with Crippen LogP contribution in [0.2, 0.25) is 0 Å². The summed E-state index contributed by atoms with van der Waals surface area (Å²) in [5.41, 5.74) is 2.26. The summed E-state index contributed by atoms with van der Waals surface area (Å²) in [6, 6.07) is 0. The number of carboxylic acid groups (broad SMARTS) is 2. The van der Waals surface area contributed by atoms with E-state index in [-0.39, 0.29) is 0 Å². The minimum atomic E-state index is -2.33. The first-order valence-electron chi connectivity index (χ1n) is 11.9. The van der Waals surface area contributed by atoms with Crippen molar-refractivity contribution < 1.29 is 40.0 Å². The number of carbonyl (C=O) groups is 2. The Morgan fingerprint density at radius 2 is 1.22 bits per heavy atom. The molecule has 0 aliphatic carbocycles. The van der Waals surface area contributed by atoms with Crippen LogP contribution in [0.4, 0.5) is 0 Å². The van der Waals surface area contributed by atoms with Crippen LogP contribution in [-0.2, 0) is 14.4 Å². The first-order valence-corrected chi connectivity index (χ1v) is 11.9. The molecule has 0 amide bonds. The van der Waals surface area contributed by atoms with E-state index in [0.29, 0.717) is 0 Å². The minimum Gasteiger partial charge on any atom is -0.479 e. The number of hydrogen-bond donors (Lipinski definition) is 6. The van der Waals surface area contributed by atoms with Crippen molar-refractivity contribution in [3.05, 3.63) is 12.3 Å². The summed E-state index contributed by atoms with van der Waals surface area (Å²) in [6.07, 6.45) is 11.8. The highest BCUT2D eigenvalue weighted by atomic mass is 16.7. The van der Waals surface area contributed by atoms with Crippen molar-refractivity contribution in [2.45, 2.75) is 121 Å². The molecule has 0 fully saturated rings. The maximum atomic E-state index is 11.2. The van der Waals surface area contributed by atoms with Gasteiger partial charge in [-0.05, 0) is 12.8 Å². The van der Waals surface area contributed by atoms with E-state index in [1.165, 1.54) is 76.8 Å². The van der Waals surface area contributed by atoms with Gasteiger partial charge in [0.25, 0.3) is 0 Å². The summed E-state index contributed by atoms with van der Waals surface area (Å²) >= 11 is 0. The van der Waals surface area contributed by atoms with Gasteiger partial charge in [0.2, 0.25) is 6.10 Å². The molecule has 0 bridgehead atoms. The van der Waals surface area contributed by atoms with Crippen molar-refractivity contribution in [1.29, 1.82) is 0 Å². The molecule has 32 heavy (non-hydrogen) atoms. The van der Waals surface area contributed by atoms with Gasteiger partial charge in [-0.25, -0.2) is 9.59 Å². The quantitative estimate of drug-likeness (QED) is 0.105. The molecule has 4 atom stereocenters. The van der Waals surface area contributed by atoms with Gasteiger partial charge in [0.1, 0.15) is 12.2 Å². The fourth-order valence-electron chi connectivity index (χ4n) is 3.30. The fourth-order valence-corrected chi connectivity index (χ4v) is 3.30. The molecule has 0 aromatic heterocycles. The smallest absolute Gasteiger partial charge is 0.338 e. The molecule has 9 nitrogen and oxygen atoms in total. The predicted molar refractivity (Wildman–Crippen MR) is 121 cm³/mol. The number of rotatable bonds is 22. The Kier molecular flexibility index (Phi) is 18.9. The average molecular weight is 462 g/mol. The van der Waals surface area contributed by atoms with Crippen LogP contribution in [-0.4, -0.2) is 61.9 Å². The first-order chi connectivity index (χ1) is 15.3. The second-order valence-electron chi connectivity index (χ2n) is 8.19. The highest BCUT2D eigenvalue weighted by Crippen LogP contribution is 2.13. The van der Waals surface area contributed by atoms with E-state index < -0.39 is 36.4 Å². The lowest BCUT2D eigenvalue weighted by Crippen LogP contribution is -2.52. The summed E-state index contributed by atoms with van der Waals surface area (Å²) in [5, 5.41) is 46.2. The average Bonchev–Trinajstić information content (AvgIpc) is 2.76. The third-order valence-corrected chi connectivity index (χ3v) is 5.34. The SMILES string of the molecule is CCCCCCCCCCCCCCC/C=C/NO[C@@H](C(=O)O)[C@@H](O)[C@H](O)[C@H](O)C(=O)O. The van der Waals surface area contributed by atoms with Gasteiger partial charge in [-0.2, -0.15) is 0 Å². The van der Waals surface area contributed by atoms with E-state index in [0.717, 1.165) is 19.3 Å². The number of allylic oxidation sites excluding steroid dienone is 1.